The molecule has 0 aliphatic carbocycles. The predicted molar refractivity (Wildman–Crippen MR) is 69.0 cm³/mol. The van der Waals surface area contributed by atoms with Crippen LogP contribution in [0.4, 0.5) is 4.39 Å². The fraction of sp³-hybridized carbons (Fsp3) is 0.571. The van der Waals surface area contributed by atoms with Gasteiger partial charge in [-0.05, 0) is 44.4 Å². The molecule has 3 heteroatoms. The third-order valence-electron chi connectivity index (χ3n) is 2.85. The summed E-state index contributed by atoms with van der Waals surface area (Å²) in [6.07, 6.45) is 2.79. The normalized spacial score (nSPS) is 12.5. The van der Waals surface area contributed by atoms with Crippen molar-refractivity contribution in [3.8, 4) is 5.75 Å². The highest BCUT2D eigenvalue weighted by Crippen LogP contribution is 2.21. The first-order valence-corrected chi connectivity index (χ1v) is 6.23. The summed E-state index contributed by atoms with van der Waals surface area (Å²) in [7, 11) is 1.49. The molecule has 1 unspecified atom stereocenters. The summed E-state index contributed by atoms with van der Waals surface area (Å²) >= 11 is 0. The minimum atomic E-state index is -0.224. The second kappa shape index (κ2) is 7.28. The lowest BCUT2D eigenvalue weighted by atomic mass is 10.1. The zero-order chi connectivity index (χ0) is 12.7. The quantitative estimate of drug-likeness (QED) is 0.789. The molecular formula is C14H22FNO. The minimum absolute atomic E-state index is 0.224. The van der Waals surface area contributed by atoms with Crippen molar-refractivity contribution in [3.63, 3.8) is 0 Å². The summed E-state index contributed by atoms with van der Waals surface area (Å²) in [5.41, 5.74) is 0.731. The van der Waals surface area contributed by atoms with E-state index in [1.807, 2.05) is 12.1 Å². The van der Waals surface area contributed by atoms with E-state index in [2.05, 4.69) is 19.2 Å². The largest absolute Gasteiger partial charge is 0.494 e. The van der Waals surface area contributed by atoms with Crippen molar-refractivity contribution in [2.75, 3.05) is 13.7 Å². The summed E-state index contributed by atoms with van der Waals surface area (Å²) in [6, 6.07) is 5.73. The van der Waals surface area contributed by atoms with Gasteiger partial charge in [0, 0.05) is 6.04 Å². The maximum atomic E-state index is 13.8. The van der Waals surface area contributed by atoms with E-state index in [0.717, 1.165) is 31.4 Å². The first-order chi connectivity index (χ1) is 8.19. The summed E-state index contributed by atoms with van der Waals surface area (Å²) in [6.45, 7) is 5.29. The van der Waals surface area contributed by atoms with Crippen molar-refractivity contribution >= 4 is 0 Å². The van der Waals surface area contributed by atoms with Crippen LogP contribution in [-0.2, 0) is 6.42 Å². The Morgan fingerprint density at radius 1 is 1.41 bits per heavy atom. The Kier molecular flexibility index (Phi) is 5.98. The first-order valence-electron chi connectivity index (χ1n) is 6.23. The second-order valence-electron chi connectivity index (χ2n) is 4.33. The fourth-order valence-electron chi connectivity index (χ4n) is 1.77. The SMILES string of the molecule is CCCNC(C)CCc1cccc(OC)c1F. The number of methoxy groups -OCH3 is 1. The Balaban J connectivity index is 2.51. The molecule has 2 nitrogen and oxygen atoms in total. The highest BCUT2D eigenvalue weighted by molar-refractivity contribution is 5.31. The van der Waals surface area contributed by atoms with Gasteiger partial charge in [-0.15, -0.1) is 0 Å². The topological polar surface area (TPSA) is 21.3 Å². The van der Waals surface area contributed by atoms with Crippen LogP contribution in [0.2, 0.25) is 0 Å². The molecule has 1 aromatic carbocycles. The monoisotopic (exact) mass is 239 g/mol. The number of rotatable bonds is 7. The molecule has 0 aromatic heterocycles. The van der Waals surface area contributed by atoms with Crippen molar-refractivity contribution in [2.45, 2.75) is 39.2 Å². The number of ether oxygens (including phenoxy) is 1. The lowest BCUT2D eigenvalue weighted by Gasteiger charge is -2.13. The lowest BCUT2D eigenvalue weighted by Crippen LogP contribution is -2.27. The van der Waals surface area contributed by atoms with Crippen LogP contribution in [0.5, 0.6) is 5.75 Å². The van der Waals surface area contributed by atoms with E-state index in [-0.39, 0.29) is 5.82 Å². The van der Waals surface area contributed by atoms with Gasteiger partial charge in [-0.25, -0.2) is 4.39 Å². The highest BCUT2D eigenvalue weighted by Gasteiger charge is 2.09. The van der Waals surface area contributed by atoms with Gasteiger partial charge in [-0.1, -0.05) is 19.1 Å². The average molecular weight is 239 g/mol. The van der Waals surface area contributed by atoms with E-state index in [1.54, 1.807) is 6.07 Å². The maximum Gasteiger partial charge on any atom is 0.168 e. The van der Waals surface area contributed by atoms with Crippen LogP contribution in [0, 0.1) is 5.82 Å². The van der Waals surface area contributed by atoms with Gasteiger partial charge < -0.3 is 10.1 Å². The average Bonchev–Trinajstić information content (AvgIpc) is 2.35. The van der Waals surface area contributed by atoms with Gasteiger partial charge in [0.15, 0.2) is 11.6 Å². The zero-order valence-electron chi connectivity index (χ0n) is 10.9. The summed E-state index contributed by atoms with van der Waals surface area (Å²) in [5, 5.41) is 3.40. The molecule has 0 saturated carbocycles. The van der Waals surface area contributed by atoms with Crippen LogP contribution < -0.4 is 10.1 Å². The smallest absolute Gasteiger partial charge is 0.168 e. The van der Waals surface area contributed by atoms with E-state index in [0.29, 0.717) is 11.8 Å². The molecule has 0 radical (unpaired) electrons. The van der Waals surface area contributed by atoms with Crippen LogP contribution in [-0.4, -0.2) is 19.7 Å². The number of aryl methyl sites for hydroxylation is 1. The molecule has 1 rings (SSSR count). The van der Waals surface area contributed by atoms with Crippen LogP contribution >= 0.6 is 0 Å². The van der Waals surface area contributed by atoms with Crippen LogP contribution in [0.25, 0.3) is 0 Å². The van der Waals surface area contributed by atoms with E-state index >= 15 is 0 Å². The Morgan fingerprint density at radius 3 is 2.82 bits per heavy atom. The minimum Gasteiger partial charge on any atom is -0.494 e. The highest BCUT2D eigenvalue weighted by atomic mass is 19.1. The molecule has 0 aliphatic heterocycles. The van der Waals surface area contributed by atoms with Crippen molar-refractivity contribution in [3.05, 3.63) is 29.6 Å². The molecule has 1 aromatic rings. The zero-order valence-corrected chi connectivity index (χ0v) is 10.9. The van der Waals surface area contributed by atoms with Crippen LogP contribution in [0.15, 0.2) is 18.2 Å². The van der Waals surface area contributed by atoms with Gasteiger partial charge in [-0.3, -0.25) is 0 Å². The van der Waals surface area contributed by atoms with E-state index in [9.17, 15) is 4.39 Å². The van der Waals surface area contributed by atoms with Gasteiger partial charge in [0.2, 0.25) is 0 Å². The standard InChI is InChI=1S/C14H22FNO/c1-4-10-16-11(2)8-9-12-6-5-7-13(17-3)14(12)15/h5-7,11,16H,4,8-10H2,1-3H3. The van der Waals surface area contributed by atoms with Gasteiger partial charge in [0.1, 0.15) is 0 Å². The molecule has 1 atom stereocenters. The number of benzene rings is 1. The molecule has 0 amide bonds. The fourth-order valence-corrected chi connectivity index (χ4v) is 1.77. The number of hydrogen-bond donors (Lipinski definition) is 1. The summed E-state index contributed by atoms with van der Waals surface area (Å²) in [4.78, 5) is 0. The summed E-state index contributed by atoms with van der Waals surface area (Å²) in [5.74, 6) is 0.106. The molecule has 96 valence electrons. The third-order valence-corrected chi connectivity index (χ3v) is 2.85. The van der Waals surface area contributed by atoms with Crippen molar-refractivity contribution in [1.29, 1.82) is 0 Å². The Bertz CT molecular complexity index is 341. The molecule has 0 heterocycles. The summed E-state index contributed by atoms with van der Waals surface area (Å²) < 4.78 is 18.8. The van der Waals surface area contributed by atoms with Gasteiger partial charge in [-0.2, -0.15) is 0 Å². The van der Waals surface area contributed by atoms with E-state index in [1.165, 1.54) is 7.11 Å². The Hall–Kier alpha value is -1.09. The maximum absolute atomic E-state index is 13.8. The van der Waals surface area contributed by atoms with Gasteiger partial charge in [0.05, 0.1) is 7.11 Å². The molecule has 0 fully saturated rings. The molecule has 0 saturated heterocycles. The van der Waals surface area contributed by atoms with Gasteiger partial charge >= 0.3 is 0 Å². The van der Waals surface area contributed by atoms with E-state index in [4.69, 9.17) is 4.74 Å². The predicted octanol–water partition coefficient (Wildman–Crippen LogP) is 3.16. The number of halogens is 1. The molecule has 1 N–H and O–H groups in total. The number of hydrogen-bond acceptors (Lipinski definition) is 2. The first kappa shape index (κ1) is 14.0. The molecular weight excluding hydrogens is 217 g/mol. The van der Waals surface area contributed by atoms with Gasteiger partial charge in [0.25, 0.3) is 0 Å². The van der Waals surface area contributed by atoms with Crippen LogP contribution in [0.1, 0.15) is 32.3 Å². The van der Waals surface area contributed by atoms with E-state index < -0.39 is 0 Å². The lowest BCUT2D eigenvalue weighted by molar-refractivity contribution is 0.383. The van der Waals surface area contributed by atoms with Crippen molar-refractivity contribution in [2.24, 2.45) is 0 Å². The molecule has 0 aliphatic rings. The van der Waals surface area contributed by atoms with Crippen LogP contribution in [0.3, 0.4) is 0 Å². The third kappa shape index (κ3) is 4.35. The molecule has 0 bridgehead atoms. The Morgan fingerprint density at radius 2 is 2.18 bits per heavy atom. The molecule has 0 spiro atoms. The molecule has 17 heavy (non-hydrogen) atoms. The number of nitrogens with one attached hydrogen (secondary N) is 1. The Labute approximate surface area is 103 Å². The van der Waals surface area contributed by atoms with Crippen molar-refractivity contribution in [1.82, 2.24) is 5.32 Å². The second-order valence-corrected chi connectivity index (χ2v) is 4.33. The van der Waals surface area contributed by atoms with Crippen molar-refractivity contribution < 1.29 is 9.13 Å².